The van der Waals surface area contributed by atoms with Gasteiger partial charge in [0, 0.05) is 11.8 Å². The number of aryl methyl sites for hydroxylation is 1. The molecule has 2 heterocycles. The number of pyridine rings is 1. The van der Waals surface area contributed by atoms with Crippen molar-refractivity contribution in [1.82, 2.24) is 4.57 Å². The number of methoxy groups -OCH3 is 1. The number of carbonyl (C=O) groups excluding carboxylic acids is 1. The van der Waals surface area contributed by atoms with E-state index < -0.39 is 5.97 Å². The predicted octanol–water partition coefficient (Wildman–Crippen LogP) is 1.58. The Bertz CT molecular complexity index is 624. The molecule has 18 heavy (non-hydrogen) atoms. The molecule has 5 nitrogen and oxygen atoms in total. The van der Waals surface area contributed by atoms with E-state index in [-0.39, 0.29) is 12.1 Å². The van der Waals surface area contributed by atoms with Crippen LogP contribution < -0.4 is 5.56 Å². The second kappa shape index (κ2) is 4.91. The number of furan rings is 1. The monoisotopic (exact) mass is 247 g/mol. The van der Waals surface area contributed by atoms with E-state index in [1.54, 1.807) is 25.3 Å². The Hall–Kier alpha value is -2.30. The van der Waals surface area contributed by atoms with Gasteiger partial charge in [-0.3, -0.25) is 4.79 Å². The lowest BCUT2D eigenvalue weighted by Gasteiger charge is -2.05. The normalized spacial score (nSPS) is 10.3. The maximum absolute atomic E-state index is 11.9. The minimum atomic E-state index is -0.473. The molecule has 0 aliphatic carbocycles. The van der Waals surface area contributed by atoms with Crippen molar-refractivity contribution < 1.29 is 13.9 Å². The Morgan fingerprint density at radius 3 is 2.94 bits per heavy atom. The Labute approximate surface area is 104 Å². The van der Waals surface area contributed by atoms with Gasteiger partial charge in [-0.2, -0.15) is 0 Å². The van der Waals surface area contributed by atoms with Crippen LogP contribution in [-0.4, -0.2) is 17.6 Å². The predicted molar refractivity (Wildman–Crippen MR) is 64.6 cm³/mol. The third kappa shape index (κ3) is 2.20. The molecule has 0 aromatic carbocycles. The average Bonchev–Trinajstić information content (AvgIpc) is 2.82. The van der Waals surface area contributed by atoms with Gasteiger partial charge in [0.1, 0.15) is 11.3 Å². The molecular formula is C13H13NO4. The summed E-state index contributed by atoms with van der Waals surface area (Å²) >= 11 is 0. The van der Waals surface area contributed by atoms with Gasteiger partial charge in [-0.15, -0.1) is 0 Å². The van der Waals surface area contributed by atoms with E-state index in [9.17, 15) is 9.59 Å². The highest BCUT2D eigenvalue weighted by Gasteiger charge is 2.15. The molecule has 0 bridgehead atoms. The first kappa shape index (κ1) is 12.2. The molecule has 2 aromatic heterocycles. The number of carbonyl (C=O) groups is 1. The fraction of sp³-hybridized carbons (Fsp3) is 0.231. The van der Waals surface area contributed by atoms with E-state index in [2.05, 4.69) is 4.74 Å². The molecular weight excluding hydrogens is 234 g/mol. The van der Waals surface area contributed by atoms with Crippen LogP contribution >= 0.6 is 0 Å². The molecule has 0 aliphatic rings. The van der Waals surface area contributed by atoms with Crippen LogP contribution in [0.5, 0.6) is 0 Å². The molecule has 5 heteroatoms. The van der Waals surface area contributed by atoms with Crippen LogP contribution in [0.1, 0.15) is 21.7 Å². The standard InChI is InChI=1S/C13H13NO4/c1-9-4-3-6-14(12(9)15)8-11-10(5-7-18-11)13(16)17-2/h3-7H,8H2,1-2H3. The van der Waals surface area contributed by atoms with Gasteiger partial charge in [0.2, 0.25) is 0 Å². The highest BCUT2D eigenvalue weighted by Crippen LogP contribution is 2.12. The molecule has 2 rings (SSSR count). The summed E-state index contributed by atoms with van der Waals surface area (Å²) in [5, 5.41) is 0. The molecule has 0 unspecified atom stereocenters. The molecule has 0 fully saturated rings. The summed E-state index contributed by atoms with van der Waals surface area (Å²) in [5.74, 6) is -0.0611. The Morgan fingerprint density at radius 1 is 1.44 bits per heavy atom. The fourth-order valence-electron chi connectivity index (χ4n) is 1.69. The number of rotatable bonds is 3. The van der Waals surface area contributed by atoms with Crippen LogP contribution in [0.15, 0.2) is 39.9 Å². The van der Waals surface area contributed by atoms with E-state index in [0.717, 1.165) is 0 Å². The molecule has 0 spiro atoms. The van der Waals surface area contributed by atoms with Crippen LogP contribution in [0.4, 0.5) is 0 Å². The third-order valence-electron chi connectivity index (χ3n) is 2.68. The van der Waals surface area contributed by atoms with Gasteiger partial charge in [0.05, 0.1) is 19.9 Å². The summed E-state index contributed by atoms with van der Waals surface area (Å²) < 4.78 is 11.4. The molecule has 0 aliphatic heterocycles. The van der Waals surface area contributed by atoms with Crippen molar-refractivity contribution in [3.05, 3.63) is 57.9 Å². The molecule has 0 N–H and O–H groups in total. The van der Waals surface area contributed by atoms with E-state index in [4.69, 9.17) is 4.42 Å². The number of ether oxygens (including phenoxy) is 1. The van der Waals surface area contributed by atoms with Crippen molar-refractivity contribution in [3.63, 3.8) is 0 Å². The molecule has 94 valence electrons. The van der Waals surface area contributed by atoms with Crippen molar-refractivity contribution in [2.45, 2.75) is 13.5 Å². The van der Waals surface area contributed by atoms with Crippen molar-refractivity contribution in [2.75, 3.05) is 7.11 Å². The highest BCUT2D eigenvalue weighted by atomic mass is 16.5. The molecule has 0 radical (unpaired) electrons. The van der Waals surface area contributed by atoms with Gasteiger partial charge in [-0.05, 0) is 19.1 Å². The van der Waals surface area contributed by atoms with E-state index in [1.807, 2.05) is 0 Å². The smallest absolute Gasteiger partial charge is 0.341 e. The van der Waals surface area contributed by atoms with E-state index >= 15 is 0 Å². The van der Waals surface area contributed by atoms with Gasteiger partial charge in [-0.25, -0.2) is 4.79 Å². The quantitative estimate of drug-likeness (QED) is 0.773. The van der Waals surface area contributed by atoms with Crippen molar-refractivity contribution >= 4 is 5.97 Å². The summed E-state index contributed by atoms with van der Waals surface area (Å²) in [4.78, 5) is 23.3. The molecule has 0 saturated carbocycles. The zero-order valence-corrected chi connectivity index (χ0v) is 10.2. The van der Waals surface area contributed by atoms with Gasteiger partial charge in [0.15, 0.2) is 0 Å². The lowest BCUT2D eigenvalue weighted by atomic mass is 10.2. The number of nitrogens with zero attached hydrogens (tertiary/aromatic N) is 1. The summed E-state index contributed by atoms with van der Waals surface area (Å²) in [6.45, 7) is 1.94. The van der Waals surface area contributed by atoms with Gasteiger partial charge >= 0.3 is 5.97 Å². The second-order valence-electron chi connectivity index (χ2n) is 3.87. The Balaban J connectivity index is 2.35. The molecule has 2 aromatic rings. The number of hydrogen-bond donors (Lipinski definition) is 0. The first-order valence-electron chi connectivity index (χ1n) is 5.44. The second-order valence-corrected chi connectivity index (χ2v) is 3.87. The number of aromatic nitrogens is 1. The fourth-order valence-corrected chi connectivity index (χ4v) is 1.69. The van der Waals surface area contributed by atoms with Crippen LogP contribution in [0.3, 0.4) is 0 Å². The summed E-state index contributed by atoms with van der Waals surface area (Å²) in [6, 6.07) is 5.04. The maximum atomic E-state index is 11.9. The van der Waals surface area contributed by atoms with Crippen LogP contribution in [0.2, 0.25) is 0 Å². The van der Waals surface area contributed by atoms with E-state index in [0.29, 0.717) is 16.9 Å². The van der Waals surface area contributed by atoms with Gasteiger partial charge in [-0.1, -0.05) is 6.07 Å². The van der Waals surface area contributed by atoms with Crippen LogP contribution in [0.25, 0.3) is 0 Å². The minimum absolute atomic E-state index is 0.107. The third-order valence-corrected chi connectivity index (χ3v) is 2.68. The first-order chi connectivity index (χ1) is 8.63. The minimum Gasteiger partial charge on any atom is -0.467 e. The lowest BCUT2D eigenvalue weighted by molar-refractivity contribution is 0.0598. The Kier molecular flexibility index (Phi) is 3.32. The zero-order chi connectivity index (χ0) is 13.1. The van der Waals surface area contributed by atoms with E-state index in [1.165, 1.54) is 24.0 Å². The molecule has 0 amide bonds. The topological polar surface area (TPSA) is 61.4 Å². The number of hydrogen-bond acceptors (Lipinski definition) is 4. The largest absolute Gasteiger partial charge is 0.467 e. The van der Waals surface area contributed by atoms with Gasteiger partial charge in [0.25, 0.3) is 5.56 Å². The highest BCUT2D eigenvalue weighted by molar-refractivity contribution is 5.90. The molecule has 0 atom stereocenters. The summed E-state index contributed by atoms with van der Waals surface area (Å²) in [7, 11) is 1.30. The summed E-state index contributed by atoms with van der Waals surface area (Å²) in [6.07, 6.45) is 3.06. The average molecular weight is 247 g/mol. The van der Waals surface area contributed by atoms with Crippen molar-refractivity contribution in [2.24, 2.45) is 0 Å². The lowest BCUT2D eigenvalue weighted by Crippen LogP contribution is -2.22. The SMILES string of the molecule is COC(=O)c1ccoc1Cn1cccc(C)c1=O. The van der Waals surface area contributed by atoms with Crippen LogP contribution in [0, 0.1) is 6.92 Å². The van der Waals surface area contributed by atoms with Gasteiger partial charge < -0.3 is 13.7 Å². The van der Waals surface area contributed by atoms with Crippen molar-refractivity contribution in [1.29, 1.82) is 0 Å². The zero-order valence-electron chi connectivity index (χ0n) is 10.2. The Morgan fingerprint density at radius 2 is 2.22 bits per heavy atom. The first-order valence-corrected chi connectivity index (χ1v) is 5.44. The van der Waals surface area contributed by atoms with Crippen LogP contribution in [-0.2, 0) is 11.3 Å². The maximum Gasteiger partial charge on any atom is 0.341 e. The van der Waals surface area contributed by atoms with Crippen molar-refractivity contribution in [3.8, 4) is 0 Å². The summed E-state index contributed by atoms with van der Waals surface area (Å²) in [5.41, 5.74) is 0.874. The number of esters is 1. The molecule has 0 saturated heterocycles.